The van der Waals surface area contributed by atoms with Crippen LogP contribution in [0, 0.1) is 0 Å². The van der Waals surface area contributed by atoms with Crippen LogP contribution >= 0.6 is 0 Å². The molecule has 1 aliphatic heterocycles. The summed E-state index contributed by atoms with van der Waals surface area (Å²) >= 11 is 0. The summed E-state index contributed by atoms with van der Waals surface area (Å²) in [4.78, 5) is 14.1. The Labute approximate surface area is 129 Å². The van der Waals surface area contributed by atoms with Crippen molar-refractivity contribution in [3.05, 3.63) is 41.2 Å². The maximum Gasteiger partial charge on any atom is 0.254 e. The van der Waals surface area contributed by atoms with Crippen LogP contribution in [0.15, 0.2) is 30.1 Å². The molecule has 5 nitrogen and oxygen atoms in total. The largest absolute Gasteiger partial charge is 0.489 e. The summed E-state index contributed by atoms with van der Waals surface area (Å²) in [7, 11) is 1.62. The number of amides is 1. The van der Waals surface area contributed by atoms with E-state index in [4.69, 9.17) is 15.2 Å². The van der Waals surface area contributed by atoms with Gasteiger partial charge in [0.1, 0.15) is 12.4 Å². The van der Waals surface area contributed by atoms with E-state index >= 15 is 0 Å². The number of methoxy groups -OCH3 is 1. The van der Waals surface area contributed by atoms with Gasteiger partial charge >= 0.3 is 0 Å². The van der Waals surface area contributed by atoms with Gasteiger partial charge in [-0.3, -0.25) is 4.79 Å². The van der Waals surface area contributed by atoms with Gasteiger partial charge in [-0.05, 0) is 30.2 Å². The number of nitrogens with two attached hydrogens (primary N) is 1. The van der Waals surface area contributed by atoms with Crippen molar-refractivity contribution in [1.82, 2.24) is 4.90 Å². The van der Waals surface area contributed by atoms with E-state index in [1.165, 1.54) is 0 Å². The molecule has 1 aromatic rings. The standard InChI is InChI=1S/C16H21FN2O3/c1-21-7-6-19-5-4-13-8-14(2-3-15(13)16(19)20)22-11-12(9-17)10-18/h2-3,8-9H,4-7,10-11,18H2,1H3/b12-9+. The molecular formula is C16H21FN2O3. The summed E-state index contributed by atoms with van der Waals surface area (Å²) in [5.41, 5.74) is 7.41. The first-order valence-corrected chi connectivity index (χ1v) is 7.21. The first-order chi connectivity index (χ1) is 10.7. The molecule has 1 amide bonds. The molecule has 120 valence electrons. The van der Waals surface area contributed by atoms with E-state index < -0.39 is 0 Å². The van der Waals surface area contributed by atoms with Gasteiger partial charge in [-0.25, -0.2) is 4.39 Å². The van der Waals surface area contributed by atoms with Crippen molar-refractivity contribution >= 4 is 5.91 Å². The van der Waals surface area contributed by atoms with Crippen LogP contribution in [0.5, 0.6) is 5.75 Å². The molecule has 0 spiro atoms. The number of carbonyl (C=O) groups excluding carboxylic acids is 1. The van der Waals surface area contributed by atoms with E-state index in [0.717, 1.165) is 12.0 Å². The Kier molecular flexibility index (Phi) is 5.91. The van der Waals surface area contributed by atoms with Crippen LogP contribution in [0.2, 0.25) is 0 Å². The monoisotopic (exact) mass is 308 g/mol. The Morgan fingerprint density at radius 3 is 3.00 bits per heavy atom. The average molecular weight is 308 g/mol. The van der Waals surface area contributed by atoms with Gasteiger partial charge in [0.15, 0.2) is 0 Å². The van der Waals surface area contributed by atoms with Crippen LogP contribution in [0.4, 0.5) is 4.39 Å². The zero-order valence-electron chi connectivity index (χ0n) is 12.7. The van der Waals surface area contributed by atoms with E-state index in [1.54, 1.807) is 24.1 Å². The Morgan fingerprint density at radius 2 is 2.32 bits per heavy atom. The molecule has 0 atom stereocenters. The van der Waals surface area contributed by atoms with Gasteiger partial charge in [0.2, 0.25) is 0 Å². The normalized spacial score (nSPS) is 15.0. The molecule has 0 aliphatic carbocycles. The highest BCUT2D eigenvalue weighted by molar-refractivity contribution is 5.96. The van der Waals surface area contributed by atoms with E-state index in [-0.39, 0.29) is 19.1 Å². The Hall–Kier alpha value is -1.92. The van der Waals surface area contributed by atoms with Gasteiger partial charge < -0.3 is 20.1 Å². The number of hydrogen-bond acceptors (Lipinski definition) is 4. The molecule has 6 heteroatoms. The van der Waals surface area contributed by atoms with Gasteiger partial charge in [-0.1, -0.05) is 0 Å². The Balaban J connectivity index is 2.05. The summed E-state index contributed by atoms with van der Waals surface area (Å²) in [6, 6.07) is 5.32. The second-order valence-electron chi connectivity index (χ2n) is 5.11. The number of rotatable bonds is 7. The molecule has 1 aromatic carbocycles. The van der Waals surface area contributed by atoms with Crippen LogP contribution in [-0.4, -0.2) is 50.8 Å². The summed E-state index contributed by atoms with van der Waals surface area (Å²) in [6.45, 7) is 2.01. The van der Waals surface area contributed by atoms with E-state index in [0.29, 0.717) is 42.9 Å². The van der Waals surface area contributed by atoms with Gasteiger partial charge in [-0.2, -0.15) is 0 Å². The van der Waals surface area contributed by atoms with Crippen molar-refractivity contribution in [2.45, 2.75) is 6.42 Å². The summed E-state index contributed by atoms with van der Waals surface area (Å²) in [6.07, 6.45) is 1.24. The van der Waals surface area contributed by atoms with E-state index in [1.807, 2.05) is 6.07 Å². The third-order valence-electron chi connectivity index (χ3n) is 3.65. The van der Waals surface area contributed by atoms with Crippen molar-refractivity contribution in [2.24, 2.45) is 5.73 Å². The zero-order chi connectivity index (χ0) is 15.9. The minimum atomic E-state index is 0.0103. The third kappa shape index (κ3) is 3.84. The fraction of sp³-hybridized carbons (Fsp3) is 0.438. The topological polar surface area (TPSA) is 64.8 Å². The molecule has 1 aliphatic rings. The van der Waals surface area contributed by atoms with Crippen molar-refractivity contribution in [3.8, 4) is 5.75 Å². The number of hydrogen-bond donors (Lipinski definition) is 1. The number of ether oxygens (including phenoxy) is 2. The smallest absolute Gasteiger partial charge is 0.254 e. The minimum Gasteiger partial charge on any atom is -0.489 e. The fourth-order valence-electron chi connectivity index (χ4n) is 2.33. The lowest BCUT2D eigenvalue weighted by atomic mass is 9.98. The predicted molar refractivity (Wildman–Crippen MR) is 81.7 cm³/mol. The molecule has 0 aromatic heterocycles. The number of fused-ring (bicyclic) bond motifs is 1. The molecule has 0 fully saturated rings. The van der Waals surface area contributed by atoms with Crippen LogP contribution < -0.4 is 10.5 Å². The summed E-state index contributed by atoms with van der Waals surface area (Å²) < 4.78 is 23.0. The minimum absolute atomic E-state index is 0.0103. The molecule has 0 radical (unpaired) electrons. The molecule has 22 heavy (non-hydrogen) atoms. The van der Waals surface area contributed by atoms with E-state index in [2.05, 4.69) is 0 Å². The van der Waals surface area contributed by atoms with Gasteiger partial charge in [0.25, 0.3) is 5.91 Å². The van der Waals surface area contributed by atoms with Crippen molar-refractivity contribution in [2.75, 3.05) is 40.0 Å². The molecule has 0 unspecified atom stereocenters. The Bertz CT molecular complexity index is 560. The summed E-state index contributed by atoms with van der Waals surface area (Å²) in [5.74, 6) is 0.626. The second-order valence-corrected chi connectivity index (χ2v) is 5.11. The number of nitrogens with zero attached hydrogens (tertiary/aromatic N) is 1. The average Bonchev–Trinajstić information content (AvgIpc) is 2.55. The highest BCUT2D eigenvalue weighted by Crippen LogP contribution is 2.24. The van der Waals surface area contributed by atoms with Gasteiger partial charge in [0.05, 0.1) is 12.9 Å². The predicted octanol–water partition coefficient (Wildman–Crippen LogP) is 1.52. The quantitative estimate of drug-likeness (QED) is 0.829. The lowest BCUT2D eigenvalue weighted by Gasteiger charge is -2.28. The van der Waals surface area contributed by atoms with Crippen LogP contribution in [-0.2, 0) is 11.2 Å². The molecule has 2 rings (SSSR count). The maximum absolute atomic E-state index is 12.4. The molecular weight excluding hydrogens is 287 g/mol. The zero-order valence-corrected chi connectivity index (χ0v) is 12.7. The fourth-order valence-corrected chi connectivity index (χ4v) is 2.33. The highest BCUT2D eigenvalue weighted by Gasteiger charge is 2.24. The molecule has 2 N–H and O–H groups in total. The molecule has 0 saturated carbocycles. The molecule has 1 heterocycles. The first kappa shape index (κ1) is 16.5. The molecule has 0 saturated heterocycles. The van der Waals surface area contributed by atoms with Gasteiger partial charge in [0, 0.05) is 37.9 Å². The SMILES string of the molecule is COCCN1CCc2cc(OC/C(=C/F)CN)ccc2C1=O. The number of benzene rings is 1. The first-order valence-electron chi connectivity index (χ1n) is 7.21. The van der Waals surface area contributed by atoms with Crippen molar-refractivity contribution < 1.29 is 18.7 Å². The maximum atomic E-state index is 12.4. The van der Waals surface area contributed by atoms with Crippen LogP contribution in [0.25, 0.3) is 0 Å². The molecule has 0 bridgehead atoms. The summed E-state index contributed by atoms with van der Waals surface area (Å²) in [5, 5.41) is 0. The van der Waals surface area contributed by atoms with Crippen LogP contribution in [0.1, 0.15) is 15.9 Å². The van der Waals surface area contributed by atoms with Gasteiger partial charge in [-0.15, -0.1) is 0 Å². The van der Waals surface area contributed by atoms with Crippen molar-refractivity contribution in [3.63, 3.8) is 0 Å². The highest BCUT2D eigenvalue weighted by atomic mass is 19.1. The second kappa shape index (κ2) is 7.91. The third-order valence-corrected chi connectivity index (χ3v) is 3.65. The lowest BCUT2D eigenvalue weighted by molar-refractivity contribution is 0.0679. The van der Waals surface area contributed by atoms with Crippen LogP contribution in [0.3, 0.4) is 0 Å². The Morgan fingerprint density at radius 1 is 1.50 bits per heavy atom. The van der Waals surface area contributed by atoms with Crippen molar-refractivity contribution in [1.29, 1.82) is 0 Å². The van der Waals surface area contributed by atoms with E-state index in [9.17, 15) is 9.18 Å². The number of carbonyl (C=O) groups is 1. The number of halogens is 1. The lowest BCUT2D eigenvalue weighted by Crippen LogP contribution is -2.39.